The first kappa shape index (κ1) is 19.9. The minimum atomic E-state index is -0.204. The zero-order valence-corrected chi connectivity index (χ0v) is 17.0. The van der Waals surface area contributed by atoms with E-state index in [1.165, 1.54) is 5.56 Å². The van der Waals surface area contributed by atoms with E-state index in [-0.39, 0.29) is 24.3 Å². The molecule has 5 nitrogen and oxygen atoms in total. The van der Waals surface area contributed by atoms with Crippen molar-refractivity contribution in [1.82, 2.24) is 4.90 Å². The second kappa shape index (κ2) is 8.46. The van der Waals surface area contributed by atoms with E-state index in [1.807, 2.05) is 62.9 Å². The smallest absolute Gasteiger partial charge is 0.262 e. The summed E-state index contributed by atoms with van der Waals surface area (Å²) in [5.74, 6) is 0.653. The number of nitrogens with one attached hydrogen (secondary N) is 1. The molecule has 0 aliphatic carbocycles. The molecule has 0 saturated heterocycles. The van der Waals surface area contributed by atoms with Crippen molar-refractivity contribution in [1.29, 1.82) is 0 Å². The van der Waals surface area contributed by atoms with Crippen LogP contribution in [-0.2, 0) is 22.6 Å². The lowest BCUT2D eigenvalue weighted by Crippen LogP contribution is -2.38. The molecule has 28 heavy (non-hydrogen) atoms. The molecule has 0 bridgehead atoms. The van der Waals surface area contributed by atoms with Crippen LogP contribution >= 0.6 is 0 Å². The molecule has 0 atom stereocenters. The van der Waals surface area contributed by atoms with Crippen LogP contribution in [-0.4, -0.2) is 29.9 Å². The Kier molecular flexibility index (Phi) is 6.02. The fourth-order valence-corrected chi connectivity index (χ4v) is 3.55. The highest BCUT2D eigenvalue weighted by Gasteiger charge is 2.22. The number of carbonyl (C=O) groups is 2. The Balaban J connectivity index is 1.61. The zero-order chi connectivity index (χ0) is 20.3. The molecule has 2 aromatic carbocycles. The highest BCUT2D eigenvalue weighted by Crippen LogP contribution is 2.24. The number of hydrogen-bond donors (Lipinski definition) is 1. The van der Waals surface area contributed by atoms with Crippen molar-refractivity contribution in [3.8, 4) is 5.75 Å². The van der Waals surface area contributed by atoms with E-state index in [0.29, 0.717) is 12.3 Å². The van der Waals surface area contributed by atoms with Gasteiger partial charge in [-0.1, -0.05) is 26.0 Å². The number of rotatable bonds is 5. The number of hydrogen-bond acceptors (Lipinski definition) is 3. The molecule has 1 heterocycles. The van der Waals surface area contributed by atoms with Crippen molar-refractivity contribution in [3.05, 3.63) is 58.7 Å². The third kappa shape index (κ3) is 4.91. The Morgan fingerprint density at radius 1 is 1.07 bits per heavy atom. The summed E-state index contributed by atoms with van der Waals surface area (Å²) in [6.07, 6.45) is 0.845. The third-order valence-corrected chi connectivity index (χ3v) is 4.87. The van der Waals surface area contributed by atoms with Crippen LogP contribution in [0.1, 0.15) is 36.1 Å². The van der Waals surface area contributed by atoms with Crippen LogP contribution in [0.5, 0.6) is 5.75 Å². The fraction of sp³-hybridized carbons (Fsp3) is 0.391. The largest absolute Gasteiger partial charge is 0.484 e. The number of anilines is 1. The van der Waals surface area contributed by atoms with E-state index in [9.17, 15) is 9.59 Å². The Labute approximate surface area is 166 Å². The van der Waals surface area contributed by atoms with Gasteiger partial charge in [0.2, 0.25) is 5.91 Å². The molecule has 148 valence electrons. The molecule has 5 heteroatoms. The Morgan fingerprint density at radius 2 is 1.79 bits per heavy atom. The van der Waals surface area contributed by atoms with Crippen molar-refractivity contribution in [3.63, 3.8) is 0 Å². The monoisotopic (exact) mass is 380 g/mol. The first-order valence-electron chi connectivity index (χ1n) is 9.73. The minimum absolute atomic E-state index is 0.00755. The second-order valence-electron chi connectivity index (χ2n) is 7.81. The van der Waals surface area contributed by atoms with Crippen LogP contribution in [0.4, 0.5) is 5.69 Å². The molecule has 1 aliphatic rings. The highest BCUT2D eigenvalue weighted by molar-refractivity contribution is 5.92. The lowest BCUT2D eigenvalue weighted by molar-refractivity contribution is -0.135. The third-order valence-electron chi connectivity index (χ3n) is 4.87. The lowest BCUT2D eigenvalue weighted by atomic mass is 9.98. The van der Waals surface area contributed by atoms with Crippen LogP contribution in [0.3, 0.4) is 0 Å². The molecule has 0 aromatic heterocycles. The SMILES string of the molecule is Cc1cc(C)cc(OCC(=O)Nc2ccc3c(c2)CN(C(=O)C(C)C)CC3)c1. The molecule has 0 spiro atoms. The maximum absolute atomic E-state index is 12.3. The van der Waals surface area contributed by atoms with Gasteiger partial charge in [0.05, 0.1) is 0 Å². The van der Waals surface area contributed by atoms with Gasteiger partial charge < -0.3 is 15.0 Å². The minimum Gasteiger partial charge on any atom is -0.484 e. The summed E-state index contributed by atoms with van der Waals surface area (Å²) in [4.78, 5) is 26.5. The van der Waals surface area contributed by atoms with Crippen LogP contribution in [0.25, 0.3) is 0 Å². The molecular formula is C23H28N2O3. The number of fused-ring (bicyclic) bond motifs is 1. The van der Waals surface area contributed by atoms with Gasteiger partial charge in [-0.15, -0.1) is 0 Å². The van der Waals surface area contributed by atoms with Crippen LogP contribution in [0.2, 0.25) is 0 Å². The normalized spacial score (nSPS) is 13.2. The second-order valence-corrected chi connectivity index (χ2v) is 7.81. The van der Waals surface area contributed by atoms with Crippen LogP contribution in [0, 0.1) is 19.8 Å². The fourth-order valence-electron chi connectivity index (χ4n) is 3.55. The standard InChI is InChI=1S/C23H28N2O3/c1-15(2)23(27)25-8-7-18-5-6-20(12-19(18)13-25)24-22(26)14-28-21-10-16(3)9-17(4)11-21/h5-6,9-12,15H,7-8,13-14H2,1-4H3,(H,24,26). The lowest BCUT2D eigenvalue weighted by Gasteiger charge is -2.30. The molecule has 1 N–H and O–H groups in total. The van der Waals surface area contributed by atoms with Crippen molar-refractivity contribution < 1.29 is 14.3 Å². The van der Waals surface area contributed by atoms with E-state index in [0.717, 1.165) is 35.3 Å². The van der Waals surface area contributed by atoms with Gasteiger partial charge in [-0.05, 0) is 66.8 Å². The summed E-state index contributed by atoms with van der Waals surface area (Å²) >= 11 is 0. The highest BCUT2D eigenvalue weighted by atomic mass is 16.5. The summed E-state index contributed by atoms with van der Waals surface area (Å²) in [7, 11) is 0. The summed E-state index contributed by atoms with van der Waals surface area (Å²) in [6, 6.07) is 11.8. The van der Waals surface area contributed by atoms with Gasteiger partial charge in [-0.2, -0.15) is 0 Å². The molecule has 3 rings (SSSR count). The number of amides is 2. The first-order chi connectivity index (χ1) is 13.3. The number of nitrogens with zero attached hydrogens (tertiary/aromatic N) is 1. The van der Waals surface area contributed by atoms with Gasteiger partial charge >= 0.3 is 0 Å². The summed E-state index contributed by atoms with van der Waals surface area (Å²) in [5.41, 5.74) is 5.26. The summed E-state index contributed by atoms with van der Waals surface area (Å²) in [6.45, 7) is 9.14. The molecule has 0 radical (unpaired) electrons. The van der Waals surface area contributed by atoms with Crippen molar-refractivity contribution >= 4 is 17.5 Å². The Bertz CT molecular complexity index is 869. The van der Waals surface area contributed by atoms with Gasteiger partial charge in [0.1, 0.15) is 5.75 Å². The van der Waals surface area contributed by atoms with Gasteiger partial charge in [-0.3, -0.25) is 9.59 Å². The number of carbonyl (C=O) groups excluding carboxylic acids is 2. The number of ether oxygens (including phenoxy) is 1. The van der Waals surface area contributed by atoms with Crippen molar-refractivity contribution in [2.45, 2.75) is 40.7 Å². The molecule has 0 saturated carbocycles. The molecule has 0 fully saturated rings. The predicted octanol–water partition coefficient (Wildman–Crippen LogP) is 3.86. The topological polar surface area (TPSA) is 58.6 Å². The van der Waals surface area contributed by atoms with Crippen molar-refractivity contribution in [2.24, 2.45) is 5.92 Å². The predicted molar refractivity (Wildman–Crippen MR) is 110 cm³/mol. The van der Waals surface area contributed by atoms with Gasteiger partial charge in [0, 0.05) is 24.7 Å². The van der Waals surface area contributed by atoms with E-state index in [1.54, 1.807) is 0 Å². The number of benzene rings is 2. The van der Waals surface area contributed by atoms with Crippen molar-refractivity contribution in [2.75, 3.05) is 18.5 Å². The van der Waals surface area contributed by atoms with Crippen LogP contribution < -0.4 is 10.1 Å². The molecular weight excluding hydrogens is 352 g/mol. The molecule has 2 amide bonds. The van der Waals surface area contributed by atoms with Crippen LogP contribution in [0.15, 0.2) is 36.4 Å². The van der Waals surface area contributed by atoms with E-state index < -0.39 is 0 Å². The van der Waals surface area contributed by atoms with Gasteiger partial charge in [-0.25, -0.2) is 0 Å². The molecule has 0 unspecified atom stereocenters. The zero-order valence-electron chi connectivity index (χ0n) is 17.0. The average molecular weight is 380 g/mol. The Morgan fingerprint density at radius 3 is 2.46 bits per heavy atom. The maximum atomic E-state index is 12.3. The molecule has 2 aromatic rings. The summed E-state index contributed by atoms with van der Waals surface area (Å²) in [5, 5.41) is 2.89. The van der Waals surface area contributed by atoms with E-state index in [4.69, 9.17) is 4.74 Å². The average Bonchev–Trinajstić information content (AvgIpc) is 2.64. The maximum Gasteiger partial charge on any atom is 0.262 e. The first-order valence-corrected chi connectivity index (χ1v) is 9.73. The molecule has 1 aliphatic heterocycles. The summed E-state index contributed by atoms with van der Waals surface area (Å²) < 4.78 is 5.62. The van der Waals surface area contributed by atoms with E-state index in [2.05, 4.69) is 11.4 Å². The van der Waals surface area contributed by atoms with E-state index >= 15 is 0 Å². The van der Waals surface area contributed by atoms with Gasteiger partial charge in [0.25, 0.3) is 5.91 Å². The van der Waals surface area contributed by atoms with Gasteiger partial charge in [0.15, 0.2) is 6.61 Å². The number of aryl methyl sites for hydroxylation is 2. The quantitative estimate of drug-likeness (QED) is 0.857. The Hall–Kier alpha value is -2.82.